The van der Waals surface area contributed by atoms with Gasteiger partial charge >= 0.3 is 0 Å². The third-order valence-corrected chi connectivity index (χ3v) is 3.62. The number of rotatable bonds is 5. The standard InChI is InChI=1S/C17H17ClN6O/c1-2-5-11-6-3-7-12(16(20)25)14(11)24-17(22-10-19)23-13-8-4-9-21-15(13)18/h3-4,6-9H,2,5H2,1H3,(H2,20,25)(H2,22,23,24). The molecular formula is C17H17ClN6O. The Bertz CT molecular complexity index is 843. The summed E-state index contributed by atoms with van der Waals surface area (Å²) in [7, 11) is 0. The molecule has 7 nitrogen and oxygen atoms in total. The number of nitriles is 1. The van der Waals surface area contributed by atoms with Crippen LogP contribution in [0.1, 0.15) is 29.3 Å². The van der Waals surface area contributed by atoms with Crippen LogP contribution in [-0.2, 0) is 6.42 Å². The first-order valence-electron chi connectivity index (χ1n) is 7.59. The number of primary amides is 1. The predicted octanol–water partition coefficient (Wildman–Crippen LogP) is 2.96. The average Bonchev–Trinajstić information content (AvgIpc) is 2.58. The van der Waals surface area contributed by atoms with Gasteiger partial charge in [-0.3, -0.25) is 10.1 Å². The first-order chi connectivity index (χ1) is 12.1. The molecule has 128 valence electrons. The maximum absolute atomic E-state index is 11.7. The van der Waals surface area contributed by atoms with Crippen molar-refractivity contribution in [3.63, 3.8) is 0 Å². The highest BCUT2D eigenvalue weighted by molar-refractivity contribution is 6.32. The van der Waals surface area contributed by atoms with E-state index in [2.05, 4.69) is 20.6 Å². The van der Waals surface area contributed by atoms with Gasteiger partial charge in [0.25, 0.3) is 5.91 Å². The summed E-state index contributed by atoms with van der Waals surface area (Å²) in [6.07, 6.45) is 4.93. The normalized spacial score (nSPS) is 10.8. The van der Waals surface area contributed by atoms with Crippen molar-refractivity contribution in [2.75, 3.05) is 5.32 Å². The second kappa shape index (κ2) is 8.66. The van der Waals surface area contributed by atoms with Crippen LogP contribution < -0.4 is 16.4 Å². The number of para-hydroxylation sites is 1. The molecule has 0 aliphatic carbocycles. The third kappa shape index (κ3) is 4.68. The summed E-state index contributed by atoms with van der Waals surface area (Å²) in [6, 6.07) is 8.61. The number of halogens is 1. The van der Waals surface area contributed by atoms with Gasteiger partial charge in [0.2, 0.25) is 5.96 Å². The Balaban J connectivity index is 2.51. The Morgan fingerprint density at radius 1 is 1.40 bits per heavy atom. The highest BCUT2D eigenvalue weighted by Crippen LogP contribution is 2.26. The van der Waals surface area contributed by atoms with E-state index in [4.69, 9.17) is 22.6 Å². The van der Waals surface area contributed by atoms with Gasteiger partial charge in [-0.1, -0.05) is 37.1 Å². The van der Waals surface area contributed by atoms with Gasteiger partial charge in [0.1, 0.15) is 0 Å². The molecule has 0 fully saturated rings. The lowest BCUT2D eigenvalue weighted by atomic mass is 10.0. The van der Waals surface area contributed by atoms with Gasteiger partial charge in [-0.2, -0.15) is 5.26 Å². The topological polar surface area (TPSA) is 116 Å². The molecule has 0 aliphatic rings. The molecule has 0 saturated carbocycles. The molecule has 0 aliphatic heterocycles. The van der Waals surface area contributed by atoms with Crippen LogP contribution >= 0.6 is 11.6 Å². The van der Waals surface area contributed by atoms with Crippen molar-refractivity contribution >= 4 is 34.8 Å². The van der Waals surface area contributed by atoms with Gasteiger partial charge < -0.3 is 11.1 Å². The minimum absolute atomic E-state index is 0.114. The van der Waals surface area contributed by atoms with Crippen molar-refractivity contribution in [3.05, 3.63) is 52.8 Å². The fourth-order valence-electron chi connectivity index (χ4n) is 2.25. The van der Waals surface area contributed by atoms with Crippen molar-refractivity contribution in [2.24, 2.45) is 10.7 Å². The van der Waals surface area contributed by atoms with E-state index in [9.17, 15) is 4.79 Å². The van der Waals surface area contributed by atoms with Crippen molar-refractivity contribution in [3.8, 4) is 6.19 Å². The van der Waals surface area contributed by atoms with Gasteiger partial charge in [0.15, 0.2) is 11.3 Å². The van der Waals surface area contributed by atoms with Crippen LogP contribution in [0.15, 0.2) is 41.5 Å². The Morgan fingerprint density at radius 3 is 2.84 bits per heavy atom. The van der Waals surface area contributed by atoms with Crippen LogP contribution in [0.2, 0.25) is 5.15 Å². The molecule has 2 aromatic rings. The Hall–Kier alpha value is -3.11. The Kier molecular flexibility index (Phi) is 6.32. The van der Waals surface area contributed by atoms with E-state index in [0.717, 1.165) is 12.0 Å². The summed E-state index contributed by atoms with van der Waals surface area (Å²) >= 11 is 6.02. The SMILES string of the molecule is CCCc1cccc(C(N)=O)c1N=C(NC#N)Nc1cccnc1Cl. The number of aliphatic imine (C=N–C) groups is 1. The molecule has 1 amide bonds. The zero-order chi connectivity index (χ0) is 18.2. The highest BCUT2D eigenvalue weighted by Gasteiger charge is 2.13. The molecule has 0 saturated heterocycles. The van der Waals surface area contributed by atoms with E-state index >= 15 is 0 Å². The van der Waals surface area contributed by atoms with E-state index < -0.39 is 5.91 Å². The van der Waals surface area contributed by atoms with Crippen LogP contribution in [0, 0.1) is 11.5 Å². The molecule has 2 rings (SSSR count). The van der Waals surface area contributed by atoms with Crippen LogP contribution in [0.5, 0.6) is 0 Å². The minimum Gasteiger partial charge on any atom is -0.366 e. The number of hydrogen-bond donors (Lipinski definition) is 3. The lowest BCUT2D eigenvalue weighted by Gasteiger charge is -2.12. The smallest absolute Gasteiger partial charge is 0.250 e. The number of nitrogens with zero attached hydrogens (tertiary/aromatic N) is 3. The summed E-state index contributed by atoms with van der Waals surface area (Å²) in [5.41, 5.74) is 7.49. The maximum Gasteiger partial charge on any atom is 0.250 e. The van der Waals surface area contributed by atoms with E-state index in [1.807, 2.05) is 13.0 Å². The summed E-state index contributed by atoms with van der Waals surface area (Å²) in [5.74, 6) is -0.476. The van der Waals surface area contributed by atoms with Gasteiger partial charge in [-0.05, 0) is 30.2 Å². The van der Waals surface area contributed by atoms with E-state index in [1.54, 1.807) is 36.7 Å². The van der Waals surface area contributed by atoms with E-state index in [0.29, 0.717) is 17.8 Å². The highest BCUT2D eigenvalue weighted by atomic mass is 35.5. The number of amides is 1. The minimum atomic E-state index is -0.590. The monoisotopic (exact) mass is 356 g/mol. The molecule has 1 aromatic heterocycles. The van der Waals surface area contributed by atoms with Crippen molar-refractivity contribution in [1.82, 2.24) is 10.3 Å². The molecule has 0 bridgehead atoms. The molecular weight excluding hydrogens is 340 g/mol. The molecule has 0 atom stereocenters. The number of nitrogens with one attached hydrogen (secondary N) is 2. The first-order valence-corrected chi connectivity index (χ1v) is 7.97. The number of carbonyl (C=O) groups is 1. The summed E-state index contributed by atoms with van der Waals surface area (Å²) in [6.45, 7) is 2.02. The number of carbonyl (C=O) groups excluding carboxylic acids is 1. The summed E-state index contributed by atoms with van der Waals surface area (Å²) in [5, 5.41) is 14.6. The van der Waals surface area contributed by atoms with E-state index in [-0.39, 0.29) is 16.7 Å². The molecule has 0 spiro atoms. The second-order valence-electron chi connectivity index (χ2n) is 5.09. The van der Waals surface area contributed by atoms with Crippen LogP contribution in [0.3, 0.4) is 0 Å². The lowest BCUT2D eigenvalue weighted by Crippen LogP contribution is -2.27. The number of hydrogen-bond acceptors (Lipinski definition) is 4. The van der Waals surface area contributed by atoms with Crippen molar-refractivity contribution in [1.29, 1.82) is 5.26 Å². The molecule has 4 N–H and O–H groups in total. The molecule has 1 heterocycles. The quantitative estimate of drug-likeness (QED) is 0.250. The van der Waals surface area contributed by atoms with Gasteiger partial charge in [-0.15, -0.1) is 0 Å². The fraction of sp³-hybridized carbons (Fsp3) is 0.176. The van der Waals surface area contributed by atoms with Gasteiger partial charge in [0, 0.05) is 6.20 Å². The molecule has 0 unspecified atom stereocenters. The van der Waals surface area contributed by atoms with Crippen LogP contribution in [0.25, 0.3) is 0 Å². The predicted molar refractivity (Wildman–Crippen MR) is 97.7 cm³/mol. The number of guanidine groups is 1. The number of benzene rings is 1. The Labute approximate surface area is 150 Å². The van der Waals surface area contributed by atoms with Crippen molar-refractivity contribution < 1.29 is 4.79 Å². The molecule has 25 heavy (non-hydrogen) atoms. The number of aryl methyl sites for hydroxylation is 1. The number of pyridine rings is 1. The first kappa shape index (κ1) is 18.2. The van der Waals surface area contributed by atoms with Crippen molar-refractivity contribution in [2.45, 2.75) is 19.8 Å². The lowest BCUT2D eigenvalue weighted by molar-refractivity contribution is 0.100. The average molecular weight is 357 g/mol. The fourth-order valence-corrected chi connectivity index (χ4v) is 2.42. The zero-order valence-electron chi connectivity index (χ0n) is 13.6. The number of aromatic nitrogens is 1. The third-order valence-electron chi connectivity index (χ3n) is 3.31. The maximum atomic E-state index is 11.7. The summed E-state index contributed by atoms with van der Waals surface area (Å²) < 4.78 is 0. The van der Waals surface area contributed by atoms with Crippen LogP contribution in [0.4, 0.5) is 11.4 Å². The largest absolute Gasteiger partial charge is 0.366 e. The Morgan fingerprint density at radius 2 is 2.20 bits per heavy atom. The zero-order valence-corrected chi connectivity index (χ0v) is 14.3. The molecule has 0 radical (unpaired) electrons. The molecule has 1 aromatic carbocycles. The van der Waals surface area contributed by atoms with Crippen LogP contribution in [-0.4, -0.2) is 16.9 Å². The van der Waals surface area contributed by atoms with Gasteiger partial charge in [-0.25, -0.2) is 9.98 Å². The van der Waals surface area contributed by atoms with E-state index in [1.165, 1.54) is 0 Å². The second-order valence-corrected chi connectivity index (χ2v) is 5.45. The molecule has 8 heteroatoms. The number of nitrogens with two attached hydrogens (primary N) is 1. The van der Waals surface area contributed by atoms with Gasteiger partial charge in [0.05, 0.1) is 16.9 Å². The summed E-state index contributed by atoms with van der Waals surface area (Å²) in [4.78, 5) is 20.1. The number of anilines is 1.